The molecule has 5 heteroatoms. The minimum Gasteiger partial charge on any atom is -0.493 e. The normalized spacial score (nSPS) is 10.9. The van der Waals surface area contributed by atoms with Gasteiger partial charge < -0.3 is 4.74 Å². The summed E-state index contributed by atoms with van der Waals surface area (Å²) < 4.78 is 7.16. The van der Waals surface area contributed by atoms with E-state index in [1.54, 1.807) is 6.21 Å². The first kappa shape index (κ1) is 11.3. The van der Waals surface area contributed by atoms with Crippen LogP contribution in [0.25, 0.3) is 0 Å². The maximum Gasteiger partial charge on any atom is 0.141 e. The highest BCUT2D eigenvalue weighted by atomic mass is 16.5. The first-order valence-corrected chi connectivity index (χ1v) is 5.51. The topological polar surface area (TPSA) is 52.3 Å². The van der Waals surface area contributed by atoms with Crippen LogP contribution in [0.5, 0.6) is 5.75 Å². The maximum absolute atomic E-state index is 5.62. The van der Waals surface area contributed by atoms with Crippen LogP contribution in [-0.2, 0) is 0 Å². The summed E-state index contributed by atoms with van der Waals surface area (Å²) in [6, 6.07) is 7.79. The Balaban J connectivity index is 2.14. The van der Waals surface area contributed by atoms with E-state index in [0.717, 1.165) is 17.7 Å². The van der Waals surface area contributed by atoms with Crippen LogP contribution < -0.4 is 4.74 Å². The van der Waals surface area contributed by atoms with Crippen molar-refractivity contribution in [2.45, 2.75) is 13.3 Å². The second kappa shape index (κ2) is 5.79. The van der Waals surface area contributed by atoms with Crippen molar-refractivity contribution < 1.29 is 4.74 Å². The number of ether oxygens (including phenoxy) is 1. The van der Waals surface area contributed by atoms with Crippen LogP contribution in [0.2, 0.25) is 0 Å². The minimum atomic E-state index is 0.706. The molecule has 0 N–H and O–H groups in total. The molecule has 1 heterocycles. The van der Waals surface area contributed by atoms with Gasteiger partial charge in [0.15, 0.2) is 0 Å². The number of nitrogens with zero attached hydrogens (tertiary/aromatic N) is 4. The number of rotatable bonds is 5. The van der Waals surface area contributed by atoms with E-state index in [1.807, 2.05) is 24.3 Å². The lowest BCUT2D eigenvalue weighted by Gasteiger charge is -2.06. The molecule has 0 saturated heterocycles. The van der Waals surface area contributed by atoms with Crippen molar-refractivity contribution in [3.63, 3.8) is 0 Å². The average Bonchev–Trinajstić information content (AvgIpc) is 2.88. The molecule has 0 aliphatic heterocycles. The zero-order valence-corrected chi connectivity index (χ0v) is 9.65. The van der Waals surface area contributed by atoms with E-state index in [0.29, 0.717) is 6.61 Å². The first-order chi connectivity index (χ1) is 8.40. The molecule has 0 atom stereocenters. The van der Waals surface area contributed by atoms with E-state index in [9.17, 15) is 0 Å². The maximum atomic E-state index is 5.62. The third-order valence-corrected chi connectivity index (χ3v) is 2.12. The van der Waals surface area contributed by atoms with Crippen LogP contribution in [-0.4, -0.2) is 27.7 Å². The molecule has 17 heavy (non-hydrogen) atoms. The summed E-state index contributed by atoms with van der Waals surface area (Å²) in [5.41, 5.74) is 0.939. The molecule has 0 unspecified atom stereocenters. The van der Waals surface area contributed by atoms with Crippen molar-refractivity contribution in [3.8, 4) is 5.75 Å². The molecule has 0 aliphatic carbocycles. The predicted octanol–water partition coefficient (Wildman–Crippen LogP) is 1.95. The minimum absolute atomic E-state index is 0.706. The highest BCUT2D eigenvalue weighted by Crippen LogP contribution is 2.15. The van der Waals surface area contributed by atoms with Crippen LogP contribution >= 0.6 is 0 Å². The molecule has 1 aromatic heterocycles. The van der Waals surface area contributed by atoms with Gasteiger partial charge in [0.05, 0.1) is 12.8 Å². The van der Waals surface area contributed by atoms with Crippen molar-refractivity contribution >= 4 is 6.21 Å². The molecule has 0 radical (unpaired) electrons. The zero-order chi connectivity index (χ0) is 11.9. The summed E-state index contributed by atoms with van der Waals surface area (Å²) in [7, 11) is 0. The molecule has 0 amide bonds. The second-order valence-corrected chi connectivity index (χ2v) is 3.47. The van der Waals surface area contributed by atoms with E-state index in [2.05, 4.69) is 22.2 Å². The highest BCUT2D eigenvalue weighted by molar-refractivity contribution is 5.83. The van der Waals surface area contributed by atoms with Gasteiger partial charge in [-0.25, -0.2) is 4.68 Å². The fourth-order valence-electron chi connectivity index (χ4n) is 1.31. The second-order valence-electron chi connectivity index (χ2n) is 3.47. The van der Waals surface area contributed by atoms with Gasteiger partial charge in [-0.3, -0.25) is 0 Å². The van der Waals surface area contributed by atoms with Crippen molar-refractivity contribution in [2.24, 2.45) is 5.10 Å². The van der Waals surface area contributed by atoms with Crippen molar-refractivity contribution in [1.82, 2.24) is 14.9 Å². The fourth-order valence-corrected chi connectivity index (χ4v) is 1.31. The standard InChI is InChI=1S/C12H14N4O/c1-2-7-17-12-6-4-3-5-11(12)8-15-16-9-13-14-10-16/h3-6,8-10H,2,7H2,1H3/b15-8-. The van der Waals surface area contributed by atoms with Crippen LogP contribution in [0.15, 0.2) is 42.0 Å². The van der Waals surface area contributed by atoms with Gasteiger partial charge in [0.1, 0.15) is 18.4 Å². The largest absolute Gasteiger partial charge is 0.493 e. The summed E-state index contributed by atoms with van der Waals surface area (Å²) in [6.07, 6.45) is 5.78. The number of hydrogen-bond acceptors (Lipinski definition) is 4. The van der Waals surface area contributed by atoms with Gasteiger partial charge in [-0.1, -0.05) is 19.1 Å². The monoisotopic (exact) mass is 230 g/mol. The molecular formula is C12H14N4O. The molecule has 1 aromatic carbocycles. The molecule has 5 nitrogen and oxygen atoms in total. The lowest BCUT2D eigenvalue weighted by molar-refractivity contribution is 0.317. The summed E-state index contributed by atoms with van der Waals surface area (Å²) in [4.78, 5) is 0. The summed E-state index contributed by atoms with van der Waals surface area (Å²) in [5.74, 6) is 0.839. The molecule has 2 aromatic rings. The summed E-state index contributed by atoms with van der Waals surface area (Å²) in [5, 5.41) is 11.5. The van der Waals surface area contributed by atoms with E-state index in [4.69, 9.17) is 4.74 Å². The zero-order valence-electron chi connectivity index (χ0n) is 9.65. The predicted molar refractivity (Wildman–Crippen MR) is 65.2 cm³/mol. The number of benzene rings is 1. The van der Waals surface area contributed by atoms with Crippen LogP contribution in [0, 0.1) is 0 Å². The van der Waals surface area contributed by atoms with Crippen molar-refractivity contribution in [3.05, 3.63) is 42.5 Å². The van der Waals surface area contributed by atoms with Gasteiger partial charge in [-0.2, -0.15) is 5.10 Å². The molecule has 0 fully saturated rings. The van der Waals surface area contributed by atoms with Gasteiger partial charge in [-0.15, -0.1) is 10.2 Å². The number of para-hydroxylation sites is 1. The van der Waals surface area contributed by atoms with Gasteiger partial charge in [0, 0.05) is 5.56 Å². The Morgan fingerprint density at radius 1 is 1.29 bits per heavy atom. The molecule has 0 spiro atoms. The smallest absolute Gasteiger partial charge is 0.141 e. The van der Waals surface area contributed by atoms with Gasteiger partial charge in [0.2, 0.25) is 0 Å². The Labute approximate surface area is 99.8 Å². The van der Waals surface area contributed by atoms with E-state index >= 15 is 0 Å². The molecule has 2 rings (SSSR count). The third kappa shape index (κ3) is 3.14. The molecule has 0 saturated carbocycles. The molecule has 88 valence electrons. The Hall–Kier alpha value is -2.17. The Bertz CT molecular complexity index is 479. The van der Waals surface area contributed by atoms with Gasteiger partial charge >= 0.3 is 0 Å². The summed E-state index contributed by atoms with van der Waals surface area (Å²) in [6.45, 7) is 2.78. The molecule has 0 bridgehead atoms. The van der Waals surface area contributed by atoms with Crippen LogP contribution in [0.1, 0.15) is 18.9 Å². The van der Waals surface area contributed by atoms with Crippen molar-refractivity contribution in [2.75, 3.05) is 6.61 Å². The fraction of sp³-hybridized carbons (Fsp3) is 0.250. The quantitative estimate of drug-likeness (QED) is 0.738. The Kier molecular flexibility index (Phi) is 3.85. The van der Waals surface area contributed by atoms with Gasteiger partial charge in [-0.05, 0) is 18.6 Å². The van der Waals surface area contributed by atoms with Crippen LogP contribution in [0.4, 0.5) is 0 Å². The molecular weight excluding hydrogens is 216 g/mol. The van der Waals surface area contributed by atoms with E-state index in [-0.39, 0.29) is 0 Å². The van der Waals surface area contributed by atoms with Gasteiger partial charge in [0.25, 0.3) is 0 Å². The average molecular weight is 230 g/mol. The van der Waals surface area contributed by atoms with E-state index in [1.165, 1.54) is 17.3 Å². The Morgan fingerprint density at radius 3 is 2.82 bits per heavy atom. The van der Waals surface area contributed by atoms with Crippen LogP contribution in [0.3, 0.4) is 0 Å². The highest BCUT2D eigenvalue weighted by Gasteiger charge is 1.99. The number of hydrogen-bond donors (Lipinski definition) is 0. The SMILES string of the molecule is CCCOc1ccccc1/C=N\n1cnnc1. The Morgan fingerprint density at radius 2 is 2.06 bits per heavy atom. The lowest BCUT2D eigenvalue weighted by atomic mass is 10.2. The first-order valence-electron chi connectivity index (χ1n) is 5.51. The lowest BCUT2D eigenvalue weighted by Crippen LogP contribution is -1.98. The van der Waals surface area contributed by atoms with Crippen molar-refractivity contribution in [1.29, 1.82) is 0 Å². The molecule has 0 aliphatic rings. The number of aromatic nitrogens is 3. The third-order valence-electron chi connectivity index (χ3n) is 2.12. The summed E-state index contributed by atoms with van der Waals surface area (Å²) >= 11 is 0. The van der Waals surface area contributed by atoms with E-state index < -0.39 is 0 Å².